The highest BCUT2D eigenvalue weighted by atomic mass is 32.2. The Morgan fingerprint density at radius 3 is 2.56 bits per heavy atom. The number of thioether (sulfide) groups is 1. The Labute approximate surface area is 103 Å². The van der Waals surface area contributed by atoms with E-state index in [1.807, 2.05) is 11.8 Å². The summed E-state index contributed by atoms with van der Waals surface area (Å²) < 4.78 is 0.244. The van der Waals surface area contributed by atoms with Crippen molar-refractivity contribution in [2.45, 2.75) is 43.9 Å². The van der Waals surface area contributed by atoms with Crippen molar-refractivity contribution in [3.05, 3.63) is 35.4 Å². The Morgan fingerprint density at radius 2 is 2.06 bits per heavy atom. The van der Waals surface area contributed by atoms with Gasteiger partial charge in [-0.3, -0.25) is 0 Å². The van der Waals surface area contributed by atoms with Crippen LogP contribution in [0.25, 0.3) is 0 Å². The van der Waals surface area contributed by atoms with Crippen LogP contribution in [0, 0.1) is 0 Å². The highest BCUT2D eigenvalue weighted by Crippen LogP contribution is 2.45. The van der Waals surface area contributed by atoms with Crippen LogP contribution in [-0.2, 0) is 6.42 Å². The van der Waals surface area contributed by atoms with E-state index in [4.69, 9.17) is 5.73 Å². The molecular weight excluding hydrogens is 214 g/mol. The van der Waals surface area contributed by atoms with Crippen LogP contribution in [0.5, 0.6) is 0 Å². The van der Waals surface area contributed by atoms with Gasteiger partial charge in [0.15, 0.2) is 0 Å². The molecule has 2 rings (SSSR count). The molecule has 0 radical (unpaired) electrons. The van der Waals surface area contributed by atoms with Crippen molar-refractivity contribution in [3.8, 4) is 0 Å². The van der Waals surface area contributed by atoms with Crippen molar-refractivity contribution < 1.29 is 0 Å². The second-order valence-electron chi connectivity index (χ2n) is 4.84. The number of hydrogen-bond acceptors (Lipinski definition) is 2. The average molecular weight is 235 g/mol. The number of nitrogens with two attached hydrogens (primary N) is 1. The molecule has 2 heteroatoms. The van der Waals surface area contributed by atoms with Crippen molar-refractivity contribution >= 4 is 11.8 Å². The Morgan fingerprint density at radius 1 is 1.38 bits per heavy atom. The van der Waals surface area contributed by atoms with Crippen LogP contribution < -0.4 is 5.73 Å². The van der Waals surface area contributed by atoms with Gasteiger partial charge in [0.1, 0.15) is 0 Å². The van der Waals surface area contributed by atoms with E-state index in [1.54, 1.807) is 0 Å². The van der Waals surface area contributed by atoms with Crippen LogP contribution in [0.15, 0.2) is 24.3 Å². The molecule has 1 aromatic rings. The number of rotatable bonds is 3. The molecule has 2 atom stereocenters. The Bertz CT molecular complexity index is 338. The van der Waals surface area contributed by atoms with Gasteiger partial charge >= 0.3 is 0 Å². The number of hydrogen-bond donors (Lipinski definition) is 1. The standard InChI is InChI=1S/C14H21NS/c1-3-11-5-7-12(8-6-11)13(15)14(2)9-4-10-16-14/h5-8,13H,3-4,9-10,15H2,1-2H3. The molecule has 0 aliphatic carbocycles. The molecule has 1 aliphatic heterocycles. The Kier molecular flexibility index (Phi) is 3.60. The SMILES string of the molecule is CCc1ccc(C(N)C2(C)CCCS2)cc1. The number of benzene rings is 1. The van der Waals surface area contributed by atoms with Crippen molar-refractivity contribution in [2.75, 3.05) is 5.75 Å². The first-order valence-electron chi connectivity index (χ1n) is 6.14. The maximum Gasteiger partial charge on any atom is 0.0441 e. The van der Waals surface area contributed by atoms with Crippen LogP contribution in [0.3, 0.4) is 0 Å². The smallest absolute Gasteiger partial charge is 0.0441 e. The van der Waals surface area contributed by atoms with Gasteiger partial charge in [0, 0.05) is 10.8 Å². The van der Waals surface area contributed by atoms with Gasteiger partial charge in [-0.2, -0.15) is 11.8 Å². The lowest BCUT2D eigenvalue weighted by Crippen LogP contribution is -2.33. The largest absolute Gasteiger partial charge is 0.323 e. The van der Waals surface area contributed by atoms with Gasteiger partial charge in [-0.1, -0.05) is 31.2 Å². The van der Waals surface area contributed by atoms with Gasteiger partial charge in [0.05, 0.1) is 0 Å². The van der Waals surface area contributed by atoms with E-state index in [9.17, 15) is 0 Å². The first-order valence-corrected chi connectivity index (χ1v) is 7.12. The summed E-state index contributed by atoms with van der Waals surface area (Å²) in [6.07, 6.45) is 3.65. The fourth-order valence-corrected chi connectivity index (χ4v) is 3.72. The maximum atomic E-state index is 6.41. The quantitative estimate of drug-likeness (QED) is 0.867. The lowest BCUT2D eigenvalue weighted by Gasteiger charge is -2.30. The van der Waals surface area contributed by atoms with E-state index in [0.717, 1.165) is 6.42 Å². The van der Waals surface area contributed by atoms with Crippen molar-refractivity contribution in [1.29, 1.82) is 0 Å². The van der Waals surface area contributed by atoms with E-state index in [-0.39, 0.29) is 10.8 Å². The van der Waals surface area contributed by atoms with Crippen LogP contribution in [0.1, 0.15) is 43.9 Å². The Hall–Kier alpha value is -0.470. The highest BCUT2D eigenvalue weighted by Gasteiger charge is 2.36. The fourth-order valence-electron chi connectivity index (χ4n) is 2.36. The minimum atomic E-state index is 0.172. The van der Waals surface area contributed by atoms with Crippen LogP contribution in [0.4, 0.5) is 0 Å². The topological polar surface area (TPSA) is 26.0 Å². The third-order valence-electron chi connectivity index (χ3n) is 3.65. The van der Waals surface area contributed by atoms with Gasteiger partial charge in [-0.25, -0.2) is 0 Å². The van der Waals surface area contributed by atoms with Crippen molar-refractivity contribution in [3.63, 3.8) is 0 Å². The normalized spacial score (nSPS) is 26.9. The predicted octanol–water partition coefficient (Wildman–Crippen LogP) is 3.53. The third-order valence-corrected chi connectivity index (χ3v) is 5.26. The fraction of sp³-hybridized carbons (Fsp3) is 0.571. The molecule has 0 saturated carbocycles. The molecule has 1 aromatic carbocycles. The molecule has 0 aromatic heterocycles. The molecule has 1 saturated heterocycles. The second kappa shape index (κ2) is 4.80. The summed E-state index contributed by atoms with van der Waals surface area (Å²) in [6, 6.07) is 8.99. The minimum Gasteiger partial charge on any atom is -0.323 e. The second-order valence-corrected chi connectivity index (χ2v) is 6.47. The molecule has 1 heterocycles. The summed E-state index contributed by atoms with van der Waals surface area (Å²) in [5.74, 6) is 1.26. The van der Waals surface area contributed by atoms with E-state index >= 15 is 0 Å². The molecule has 2 unspecified atom stereocenters. The zero-order valence-corrected chi connectivity index (χ0v) is 11.0. The van der Waals surface area contributed by atoms with Crippen LogP contribution in [-0.4, -0.2) is 10.5 Å². The van der Waals surface area contributed by atoms with E-state index in [2.05, 4.69) is 38.1 Å². The third kappa shape index (κ3) is 2.28. The molecule has 0 bridgehead atoms. The monoisotopic (exact) mass is 235 g/mol. The first-order chi connectivity index (χ1) is 7.65. The highest BCUT2D eigenvalue weighted by molar-refractivity contribution is 8.00. The lowest BCUT2D eigenvalue weighted by molar-refractivity contribution is 0.502. The average Bonchev–Trinajstić information content (AvgIpc) is 2.77. The predicted molar refractivity (Wildman–Crippen MR) is 72.8 cm³/mol. The minimum absolute atomic E-state index is 0.172. The summed E-state index contributed by atoms with van der Waals surface area (Å²) in [4.78, 5) is 0. The van der Waals surface area contributed by atoms with Crippen molar-refractivity contribution in [1.82, 2.24) is 0 Å². The van der Waals surface area contributed by atoms with Gasteiger partial charge in [0.25, 0.3) is 0 Å². The van der Waals surface area contributed by atoms with Gasteiger partial charge in [0.2, 0.25) is 0 Å². The molecule has 1 nitrogen and oxygen atoms in total. The molecular formula is C14H21NS. The molecule has 1 fully saturated rings. The van der Waals surface area contributed by atoms with Gasteiger partial charge < -0.3 is 5.73 Å². The summed E-state index contributed by atoms with van der Waals surface area (Å²) >= 11 is 2.03. The molecule has 16 heavy (non-hydrogen) atoms. The summed E-state index contributed by atoms with van der Waals surface area (Å²) in [5, 5.41) is 0. The Balaban J connectivity index is 2.16. The summed E-state index contributed by atoms with van der Waals surface area (Å²) in [5.41, 5.74) is 9.08. The summed E-state index contributed by atoms with van der Waals surface area (Å²) in [7, 11) is 0. The molecule has 2 N–H and O–H groups in total. The van der Waals surface area contributed by atoms with E-state index in [0.29, 0.717) is 0 Å². The molecule has 1 aliphatic rings. The first kappa shape index (κ1) is 12.0. The van der Waals surface area contributed by atoms with Gasteiger partial charge in [-0.15, -0.1) is 0 Å². The van der Waals surface area contributed by atoms with Crippen LogP contribution >= 0.6 is 11.8 Å². The van der Waals surface area contributed by atoms with Gasteiger partial charge in [-0.05, 0) is 43.1 Å². The molecule has 0 spiro atoms. The number of aryl methyl sites for hydroxylation is 1. The zero-order valence-electron chi connectivity index (χ0n) is 10.2. The van der Waals surface area contributed by atoms with Crippen molar-refractivity contribution in [2.24, 2.45) is 5.73 Å². The zero-order chi connectivity index (χ0) is 11.6. The lowest BCUT2D eigenvalue weighted by atomic mass is 9.90. The maximum absolute atomic E-state index is 6.41. The summed E-state index contributed by atoms with van der Waals surface area (Å²) in [6.45, 7) is 4.49. The molecule has 88 valence electrons. The van der Waals surface area contributed by atoms with Crippen LogP contribution in [0.2, 0.25) is 0 Å². The van der Waals surface area contributed by atoms with E-state index in [1.165, 1.54) is 29.7 Å². The van der Waals surface area contributed by atoms with E-state index < -0.39 is 0 Å². The molecule has 0 amide bonds.